The molecule has 0 heterocycles. The van der Waals surface area contributed by atoms with E-state index in [1.54, 1.807) is 0 Å². The molecule has 72 valence electrons. The fraction of sp³-hybridized carbons (Fsp3) is 0.500. The van der Waals surface area contributed by atoms with Gasteiger partial charge >= 0.3 is 0 Å². The maximum absolute atomic E-state index is 10.9. The molecule has 0 aromatic heterocycles. The van der Waals surface area contributed by atoms with E-state index in [0.29, 0.717) is 11.0 Å². The van der Waals surface area contributed by atoms with E-state index in [2.05, 4.69) is 18.2 Å². The van der Waals surface area contributed by atoms with Crippen molar-refractivity contribution in [2.24, 2.45) is 0 Å². The van der Waals surface area contributed by atoms with Gasteiger partial charge in [-0.25, -0.2) is 0 Å². The number of carbonyl (C=O) groups excluding carboxylic acids is 1. The van der Waals surface area contributed by atoms with Gasteiger partial charge in [-0.1, -0.05) is 40.8 Å². The summed E-state index contributed by atoms with van der Waals surface area (Å²) in [5, 5.41) is 0. The minimum absolute atomic E-state index is 0.154. The molecule has 0 bridgehead atoms. The summed E-state index contributed by atoms with van der Waals surface area (Å²) in [5.41, 5.74) is 1.19. The first kappa shape index (κ1) is 10.9. The van der Waals surface area contributed by atoms with Crippen LogP contribution in [0.5, 0.6) is 0 Å². The summed E-state index contributed by atoms with van der Waals surface area (Å²) in [6, 6.07) is 0. The van der Waals surface area contributed by atoms with E-state index in [0.717, 1.165) is 12.8 Å². The molecule has 0 spiro atoms. The molecule has 1 aliphatic rings. The first-order chi connectivity index (χ1) is 6.33. The van der Waals surface area contributed by atoms with E-state index < -0.39 is 0 Å². The number of allylic oxidation sites excluding steroid dienone is 2. The molecule has 0 radical (unpaired) electrons. The second-order valence-corrected chi connectivity index (χ2v) is 3.69. The maximum Gasteiger partial charge on any atom is 0.168 e. The van der Waals surface area contributed by atoms with Gasteiger partial charge in [-0.15, -0.1) is 0 Å². The van der Waals surface area contributed by atoms with Crippen molar-refractivity contribution in [2.75, 3.05) is 17.6 Å². The maximum atomic E-state index is 10.9. The van der Waals surface area contributed by atoms with Crippen LogP contribution in [0.2, 0.25) is 0 Å². The molecule has 2 nitrogen and oxygen atoms in total. The molecule has 0 aromatic carbocycles. The molecule has 0 atom stereocenters. The van der Waals surface area contributed by atoms with Crippen LogP contribution in [0.3, 0.4) is 0 Å². The van der Waals surface area contributed by atoms with Gasteiger partial charge in [0.2, 0.25) is 0 Å². The molecule has 0 saturated heterocycles. The highest BCUT2D eigenvalue weighted by atomic mass is 127. The topological polar surface area (TPSA) is 26.3 Å². The molecule has 0 N–H and O–H groups in total. The highest BCUT2D eigenvalue weighted by molar-refractivity contribution is 14.1. The number of ether oxygens (including phenoxy) is 1. The summed E-state index contributed by atoms with van der Waals surface area (Å²) >= 11 is 2.05. The second-order valence-electron chi connectivity index (χ2n) is 2.92. The monoisotopic (exact) mass is 292 g/mol. The fourth-order valence-corrected chi connectivity index (χ4v) is 1.32. The van der Waals surface area contributed by atoms with Crippen molar-refractivity contribution < 1.29 is 9.53 Å². The zero-order valence-corrected chi connectivity index (χ0v) is 9.62. The van der Waals surface area contributed by atoms with Gasteiger partial charge in [0.25, 0.3) is 0 Å². The summed E-state index contributed by atoms with van der Waals surface area (Å²) in [4.78, 5) is 10.9. The van der Waals surface area contributed by atoms with Crippen LogP contribution in [0, 0.1) is 0 Å². The fourth-order valence-electron chi connectivity index (χ4n) is 1.10. The predicted molar refractivity (Wildman–Crippen MR) is 61.2 cm³/mol. The van der Waals surface area contributed by atoms with Crippen molar-refractivity contribution >= 4 is 28.4 Å². The van der Waals surface area contributed by atoms with Crippen molar-refractivity contribution in [1.29, 1.82) is 0 Å². The van der Waals surface area contributed by atoms with Gasteiger partial charge in [-0.05, 0) is 18.4 Å². The third-order valence-electron chi connectivity index (χ3n) is 1.75. The van der Waals surface area contributed by atoms with E-state index in [9.17, 15) is 4.79 Å². The Hall–Kier alpha value is -0.160. The molecule has 0 fully saturated rings. The molecule has 0 unspecified atom stereocenters. The molecule has 0 amide bonds. The standard InChI is InChI=1S/C10H13IO2/c11-6-10(12)8-13-7-9-4-2-1-3-5-9/h2,4-5H,1,3,6-8H2. The van der Waals surface area contributed by atoms with Crippen molar-refractivity contribution in [2.45, 2.75) is 12.8 Å². The Morgan fingerprint density at radius 1 is 1.54 bits per heavy atom. The number of halogens is 1. The van der Waals surface area contributed by atoms with E-state index in [1.807, 2.05) is 22.6 Å². The predicted octanol–water partition coefficient (Wildman–Crippen LogP) is 2.28. The lowest BCUT2D eigenvalue weighted by Gasteiger charge is -2.06. The van der Waals surface area contributed by atoms with Gasteiger partial charge in [0, 0.05) is 0 Å². The van der Waals surface area contributed by atoms with Crippen LogP contribution < -0.4 is 0 Å². The van der Waals surface area contributed by atoms with Crippen LogP contribution in [0.1, 0.15) is 12.8 Å². The molecule has 1 rings (SSSR count). The minimum Gasteiger partial charge on any atom is -0.369 e. The zero-order valence-electron chi connectivity index (χ0n) is 7.46. The van der Waals surface area contributed by atoms with Crippen LogP contribution in [-0.4, -0.2) is 23.4 Å². The second kappa shape index (κ2) is 6.32. The lowest BCUT2D eigenvalue weighted by Crippen LogP contribution is -2.11. The Bertz CT molecular complexity index is 231. The average Bonchev–Trinajstić information content (AvgIpc) is 2.19. The summed E-state index contributed by atoms with van der Waals surface area (Å²) in [6.07, 6.45) is 8.58. The number of Topliss-reactive ketones (excluding diaryl/α,β-unsaturated/α-hetero) is 1. The normalized spacial score (nSPS) is 15.6. The van der Waals surface area contributed by atoms with Gasteiger partial charge < -0.3 is 4.74 Å². The Kier molecular flexibility index (Phi) is 5.31. The Labute approximate surface area is 92.2 Å². The van der Waals surface area contributed by atoms with Crippen molar-refractivity contribution in [1.82, 2.24) is 0 Å². The Morgan fingerprint density at radius 2 is 2.38 bits per heavy atom. The van der Waals surface area contributed by atoms with Crippen molar-refractivity contribution in [3.63, 3.8) is 0 Å². The van der Waals surface area contributed by atoms with Crippen LogP contribution in [0.15, 0.2) is 23.8 Å². The van der Waals surface area contributed by atoms with E-state index >= 15 is 0 Å². The Morgan fingerprint density at radius 3 is 3.00 bits per heavy atom. The number of ketones is 1. The van der Waals surface area contributed by atoms with Gasteiger partial charge in [0.1, 0.15) is 6.61 Å². The molecule has 3 heteroatoms. The molecular weight excluding hydrogens is 279 g/mol. The molecule has 0 aliphatic heterocycles. The van der Waals surface area contributed by atoms with Gasteiger partial charge in [0.05, 0.1) is 11.0 Å². The summed E-state index contributed by atoms with van der Waals surface area (Å²) in [7, 11) is 0. The molecule has 13 heavy (non-hydrogen) atoms. The van der Waals surface area contributed by atoms with Crippen LogP contribution in [0.25, 0.3) is 0 Å². The van der Waals surface area contributed by atoms with Crippen LogP contribution in [-0.2, 0) is 9.53 Å². The third kappa shape index (κ3) is 4.57. The first-order valence-corrected chi connectivity index (χ1v) is 5.86. The summed E-state index contributed by atoms with van der Waals surface area (Å²) in [6.45, 7) is 0.812. The molecule has 0 saturated carbocycles. The van der Waals surface area contributed by atoms with Gasteiger partial charge in [-0.3, -0.25) is 4.79 Å². The van der Waals surface area contributed by atoms with Crippen molar-refractivity contribution in [3.8, 4) is 0 Å². The smallest absolute Gasteiger partial charge is 0.168 e. The minimum atomic E-state index is 0.154. The number of hydrogen-bond acceptors (Lipinski definition) is 2. The third-order valence-corrected chi connectivity index (χ3v) is 2.60. The molecule has 0 aromatic rings. The van der Waals surface area contributed by atoms with Crippen molar-refractivity contribution in [3.05, 3.63) is 23.8 Å². The molecular formula is C10H13IO2. The van der Waals surface area contributed by atoms with E-state index in [4.69, 9.17) is 4.74 Å². The zero-order chi connectivity index (χ0) is 9.52. The number of rotatable bonds is 5. The largest absolute Gasteiger partial charge is 0.369 e. The lowest BCUT2D eigenvalue weighted by molar-refractivity contribution is -0.120. The van der Waals surface area contributed by atoms with Crippen LogP contribution in [0.4, 0.5) is 0 Å². The highest BCUT2D eigenvalue weighted by Crippen LogP contribution is 2.09. The summed E-state index contributed by atoms with van der Waals surface area (Å²) in [5.74, 6) is 0.154. The Balaban J connectivity index is 2.15. The summed E-state index contributed by atoms with van der Waals surface area (Å²) < 4.78 is 5.79. The number of hydrogen-bond donors (Lipinski definition) is 0. The van der Waals surface area contributed by atoms with E-state index in [-0.39, 0.29) is 12.4 Å². The quantitative estimate of drug-likeness (QED) is 0.574. The SMILES string of the molecule is O=C(CI)COCC1=CCCC=C1. The van der Waals surface area contributed by atoms with E-state index in [1.165, 1.54) is 5.57 Å². The van der Waals surface area contributed by atoms with Crippen LogP contribution >= 0.6 is 22.6 Å². The molecule has 1 aliphatic carbocycles. The first-order valence-electron chi connectivity index (χ1n) is 4.34. The van der Waals surface area contributed by atoms with Gasteiger partial charge in [-0.2, -0.15) is 0 Å². The average molecular weight is 292 g/mol. The lowest BCUT2D eigenvalue weighted by atomic mass is 10.1. The van der Waals surface area contributed by atoms with Gasteiger partial charge in [0.15, 0.2) is 5.78 Å². The highest BCUT2D eigenvalue weighted by Gasteiger charge is 2.01. The number of alkyl halides is 1. The number of carbonyl (C=O) groups is 1.